The third-order valence-corrected chi connectivity index (χ3v) is 3.34. The number of nitrogens with two attached hydrogens (primary N) is 1. The highest BCUT2D eigenvalue weighted by atomic mass is 19.1. The molecule has 4 nitrogen and oxygen atoms in total. The highest BCUT2D eigenvalue weighted by molar-refractivity contribution is 5.88. The molecule has 106 valence electrons. The summed E-state index contributed by atoms with van der Waals surface area (Å²) in [4.78, 5) is 8.42. The predicted molar refractivity (Wildman–Crippen MR) is 81.2 cm³/mol. The molecule has 3 N–H and O–H groups in total. The minimum atomic E-state index is -0.260. The molecule has 1 aromatic heterocycles. The molecule has 0 atom stereocenters. The van der Waals surface area contributed by atoms with Crippen LogP contribution in [0.2, 0.25) is 0 Å². The lowest BCUT2D eigenvalue weighted by atomic mass is 10.1. The van der Waals surface area contributed by atoms with Crippen molar-refractivity contribution < 1.29 is 4.39 Å². The number of rotatable bonds is 4. The standard InChI is InChI=1S/C16H15FN4/c17-14-7-11(8-18)5-6-12(14)9-19-16-13-3-1-2-4-15(13)20-10-21-16/h1-7,10H,8-9,18H2,(H,19,20,21). The molecule has 0 spiro atoms. The third kappa shape index (κ3) is 2.83. The van der Waals surface area contributed by atoms with Crippen molar-refractivity contribution in [3.8, 4) is 0 Å². The van der Waals surface area contributed by atoms with Gasteiger partial charge in [0.1, 0.15) is 18.0 Å². The fourth-order valence-corrected chi connectivity index (χ4v) is 2.19. The van der Waals surface area contributed by atoms with Gasteiger partial charge < -0.3 is 11.1 Å². The van der Waals surface area contributed by atoms with E-state index in [1.54, 1.807) is 6.07 Å². The first-order chi connectivity index (χ1) is 10.3. The van der Waals surface area contributed by atoms with Crippen molar-refractivity contribution in [3.63, 3.8) is 0 Å². The zero-order valence-corrected chi connectivity index (χ0v) is 11.4. The van der Waals surface area contributed by atoms with Crippen LogP contribution in [0.25, 0.3) is 10.9 Å². The molecule has 0 aliphatic rings. The van der Waals surface area contributed by atoms with Crippen LogP contribution in [0.4, 0.5) is 10.2 Å². The lowest BCUT2D eigenvalue weighted by Crippen LogP contribution is -2.05. The van der Waals surface area contributed by atoms with Crippen LogP contribution in [0.15, 0.2) is 48.8 Å². The maximum absolute atomic E-state index is 13.9. The van der Waals surface area contributed by atoms with Gasteiger partial charge in [-0.2, -0.15) is 0 Å². The minimum Gasteiger partial charge on any atom is -0.365 e. The first-order valence-corrected chi connectivity index (χ1v) is 6.69. The molecule has 1 heterocycles. The quantitative estimate of drug-likeness (QED) is 0.772. The maximum Gasteiger partial charge on any atom is 0.137 e. The number of aromatic nitrogens is 2. The number of anilines is 1. The SMILES string of the molecule is NCc1ccc(CNc2ncnc3ccccc23)c(F)c1. The summed E-state index contributed by atoms with van der Waals surface area (Å²) in [7, 11) is 0. The van der Waals surface area contributed by atoms with E-state index >= 15 is 0 Å². The van der Waals surface area contributed by atoms with Gasteiger partial charge in [0.05, 0.1) is 5.52 Å². The van der Waals surface area contributed by atoms with Crippen LogP contribution in [0, 0.1) is 5.82 Å². The summed E-state index contributed by atoms with van der Waals surface area (Å²) in [5.41, 5.74) is 7.71. The lowest BCUT2D eigenvalue weighted by Gasteiger charge is -2.09. The molecule has 0 saturated heterocycles. The van der Waals surface area contributed by atoms with Gasteiger partial charge in [-0.3, -0.25) is 0 Å². The highest BCUT2D eigenvalue weighted by Crippen LogP contribution is 2.19. The van der Waals surface area contributed by atoms with Crippen LogP contribution in [0.5, 0.6) is 0 Å². The largest absolute Gasteiger partial charge is 0.365 e. The van der Waals surface area contributed by atoms with Crippen LogP contribution in [0.1, 0.15) is 11.1 Å². The zero-order chi connectivity index (χ0) is 14.7. The minimum absolute atomic E-state index is 0.260. The summed E-state index contributed by atoms with van der Waals surface area (Å²) < 4.78 is 13.9. The molecule has 3 rings (SSSR count). The summed E-state index contributed by atoms with van der Waals surface area (Å²) in [6.07, 6.45) is 1.50. The van der Waals surface area contributed by atoms with E-state index in [0.29, 0.717) is 24.5 Å². The van der Waals surface area contributed by atoms with E-state index in [1.807, 2.05) is 30.3 Å². The second-order valence-corrected chi connectivity index (χ2v) is 4.72. The molecule has 0 fully saturated rings. The molecule has 0 aliphatic heterocycles. The zero-order valence-electron chi connectivity index (χ0n) is 11.4. The van der Waals surface area contributed by atoms with Crippen molar-refractivity contribution >= 4 is 16.7 Å². The monoisotopic (exact) mass is 282 g/mol. The van der Waals surface area contributed by atoms with E-state index in [2.05, 4.69) is 15.3 Å². The highest BCUT2D eigenvalue weighted by Gasteiger charge is 2.06. The van der Waals surface area contributed by atoms with Crippen LogP contribution < -0.4 is 11.1 Å². The number of halogens is 1. The molecule has 0 saturated carbocycles. The summed E-state index contributed by atoms with van der Waals surface area (Å²) in [5, 5.41) is 4.08. The van der Waals surface area contributed by atoms with Gasteiger partial charge in [0, 0.05) is 24.0 Å². The molecule has 0 unspecified atom stereocenters. The summed E-state index contributed by atoms with van der Waals surface area (Å²) in [6, 6.07) is 12.7. The molecule has 5 heteroatoms. The van der Waals surface area contributed by atoms with Crippen molar-refractivity contribution in [3.05, 3.63) is 65.7 Å². The molecule has 2 aromatic carbocycles. The van der Waals surface area contributed by atoms with E-state index < -0.39 is 0 Å². The van der Waals surface area contributed by atoms with Crippen LogP contribution in [0.3, 0.4) is 0 Å². The van der Waals surface area contributed by atoms with Crippen LogP contribution >= 0.6 is 0 Å². The Hall–Kier alpha value is -2.53. The summed E-state index contributed by atoms with van der Waals surface area (Å²) >= 11 is 0. The van der Waals surface area contributed by atoms with E-state index in [4.69, 9.17) is 5.73 Å². The van der Waals surface area contributed by atoms with Crippen molar-refractivity contribution in [1.29, 1.82) is 0 Å². The van der Waals surface area contributed by atoms with Gasteiger partial charge in [-0.05, 0) is 23.8 Å². The maximum atomic E-state index is 13.9. The van der Waals surface area contributed by atoms with Gasteiger partial charge in [0.25, 0.3) is 0 Å². The second-order valence-electron chi connectivity index (χ2n) is 4.72. The van der Waals surface area contributed by atoms with Crippen molar-refractivity contribution in [2.75, 3.05) is 5.32 Å². The average molecular weight is 282 g/mol. The second kappa shape index (κ2) is 5.85. The Labute approximate surface area is 121 Å². The number of hydrogen-bond donors (Lipinski definition) is 2. The van der Waals surface area contributed by atoms with Crippen molar-refractivity contribution in [2.24, 2.45) is 5.73 Å². The molecule has 0 amide bonds. The fraction of sp³-hybridized carbons (Fsp3) is 0.125. The van der Waals surface area contributed by atoms with Gasteiger partial charge in [-0.25, -0.2) is 14.4 Å². The Balaban J connectivity index is 1.84. The number of nitrogens with one attached hydrogen (secondary N) is 1. The molecule has 0 radical (unpaired) electrons. The van der Waals surface area contributed by atoms with E-state index in [-0.39, 0.29) is 5.82 Å². The smallest absolute Gasteiger partial charge is 0.137 e. The number of para-hydroxylation sites is 1. The number of fused-ring (bicyclic) bond motifs is 1. The first kappa shape index (κ1) is 13.5. The molecule has 21 heavy (non-hydrogen) atoms. The molecule has 3 aromatic rings. The van der Waals surface area contributed by atoms with Gasteiger partial charge in [-0.15, -0.1) is 0 Å². The van der Waals surface area contributed by atoms with Gasteiger partial charge in [0.2, 0.25) is 0 Å². The average Bonchev–Trinajstić information content (AvgIpc) is 2.53. The Morgan fingerprint density at radius 3 is 2.76 bits per heavy atom. The normalized spacial score (nSPS) is 10.8. The van der Waals surface area contributed by atoms with E-state index in [1.165, 1.54) is 12.4 Å². The van der Waals surface area contributed by atoms with Gasteiger partial charge in [0.15, 0.2) is 0 Å². The fourth-order valence-electron chi connectivity index (χ4n) is 2.19. The van der Waals surface area contributed by atoms with Crippen LogP contribution in [-0.4, -0.2) is 9.97 Å². The molecular formula is C16H15FN4. The van der Waals surface area contributed by atoms with Crippen LogP contribution in [-0.2, 0) is 13.1 Å². The molecule has 0 bridgehead atoms. The number of nitrogens with zero attached hydrogens (tertiary/aromatic N) is 2. The first-order valence-electron chi connectivity index (χ1n) is 6.69. The topological polar surface area (TPSA) is 63.8 Å². The van der Waals surface area contributed by atoms with Gasteiger partial charge in [-0.1, -0.05) is 24.3 Å². The third-order valence-electron chi connectivity index (χ3n) is 3.34. The molecule has 0 aliphatic carbocycles. The van der Waals surface area contributed by atoms with Crippen molar-refractivity contribution in [1.82, 2.24) is 9.97 Å². The number of hydrogen-bond acceptors (Lipinski definition) is 4. The predicted octanol–water partition coefficient (Wildman–Crippen LogP) is 2.84. The Morgan fingerprint density at radius 1 is 1.10 bits per heavy atom. The lowest BCUT2D eigenvalue weighted by molar-refractivity contribution is 0.610. The number of benzene rings is 2. The van der Waals surface area contributed by atoms with Crippen molar-refractivity contribution in [2.45, 2.75) is 13.1 Å². The Morgan fingerprint density at radius 2 is 1.95 bits per heavy atom. The Bertz CT molecular complexity index is 768. The summed E-state index contributed by atoms with van der Waals surface area (Å²) in [5.74, 6) is 0.437. The Kier molecular flexibility index (Phi) is 3.75. The van der Waals surface area contributed by atoms with E-state index in [0.717, 1.165) is 16.5 Å². The molecular weight excluding hydrogens is 267 g/mol. The van der Waals surface area contributed by atoms with Gasteiger partial charge >= 0.3 is 0 Å². The van der Waals surface area contributed by atoms with E-state index in [9.17, 15) is 4.39 Å². The summed E-state index contributed by atoms with van der Waals surface area (Å²) in [6.45, 7) is 0.693.